The van der Waals surface area contributed by atoms with E-state index in [0.29, 0.717) is 11.3 Å². The third kappa shape index (κ3) is 3.12. The molecule has 0 saturated heterocycles. The van der Waals surface area contributed by atoms with Crippen LogP contribution in [0.5, 0.6) is 0 Å². The summed E-state index contributed by atoms with van der Waals surface area (Å²) in [6, 6.07) is 3.72. The number of aliphatic imine (C=N–C) groups is 1. The predicted octanol–water partition coefficient (Wildman–Crippen LogP) is 2.52. The number of allylic oxidation sites excluding steroid dienone is 3. The summed E-state index contributed by atoms with van der Waals surface area (Å²) >= 11 is 0. The van der Waals surface area contributed by atoms with Crippen LogP contribution in [-0.4, -0.2) is 30.6 Å². The van der Waals surface area contributed by atoms with Crippen LogP contribution in [-0.2, 0) is 0 Å². The summed E-state index contributed by atoms with van der Waals surface area (Å²) in [6.07, 6.45) is 10.2. The van der Waals surface area contributed by atoms with Crippen LogP contribution in [0.4, 0.5) is 0 Å². The molecule has 126 valence electrons. The molecule has 0 aliphatic heterocycles. The van der Waals surface area contributed by atoms with E-state index in [-0.39, 0.29) is 0 Å². The van der Waals surface area contributed by atoms with Gasteiger partial charge in [-0.3, -0.25) is 18.8 Å². The molecule has 3 heterocycles. The van der Waals surface area contributed by atoms with E-state index in [1.807, 2.05) is 36.6 Å². The van der Waals surface area contributed by atoms with Crippen LogP contribution in [0.2, 0.25) is 0 Å². The van der Waals surface area contributed by atoms with Crippen LogP contribution < -0.4 is 5.73 Å². The number of nitrogens with two attached hydrogens (primary N) is 1. The Balaban J connectivity index is 2.09. The maximum absolute atomic E-state index is 11.5. The number of hydrogen-bond donors (Lipinski definition) is 1. The first-order chi connectivity index (χ1) is 12.0. The summed E-state index contributed by atoms with van der Waals surface area (Å²) in [5, 5.41) is 0. The SMILES string of the molecule is C=C/C=C(/C)N=C(C)c1cncn1-c1ccc2ncc(C(N)=O)n2c1. The molecule has 0 radical (unpaired) electrons. The number of amides is 1. The van der Waals surface area contributed by atoms with Crippen molar-refractivity contribution in [2.45, 2.75) is 13.8 Å². The van der Waals surface area contributed by atoms with Gasteiger partial charge >= 0.3 is 0 Å². The molecular weight excluding hydrogens is 316 g/mol. The number of rotatable bonds is 5. The van der Waals surface area contributed by atoms with Crippen molar-refractivity contribution in [2.75, 3.05) is 0 Å². The predicted molar refractivity (Wildman–Crippen MR) is 97.0 cm³/mol. The fourth-order valence-electron chi connectivity index (χ4n) is 2.59. The van der Waals surface area contributed by atoms with Crippen molar-refractivity contribution in [3.63, 3.8) is 0 Å². The Labute approximate surface area is 144 Å². The van der Waals surface area contributed by atoms with Gasteiger partial charge in [-0.1, -0.05) is 12.7 Å². The number of carbonyl (C=O) groups is 1. The van der Waals surface area contributed by atoms with E-state index in [2.05, 4.69) is 21.5 Å². The summed E-state index contributed by atoms with van der Waals surface area (Å²) in [7, 11) is 0. The van der Waals surface area contributed by atoms with Crippen molar-refractivity contribution in [1.29, 1.82) is 0 Å². The minimum Gasteiger partial charge on any atom is -0.364 e. The summed E-state index contributed by atoms with van der Waals surface area (Å²) in [5.41, 5.74) is 9.70. The summed E-state index contributed by atoms with van der Waals surface area (Å²) in [6.45, 7) is 7.49. The third-order valence-electron chi connectivity index (χ3n) is 3.73. The molecule has 1 amide bonds. The standard InChI is InChI=1S/C18H18N6O/c1-4-5-12(2)22-13(3)15-8-20-11-24(15)14-6-7-17-21-9-16(18(19)25)23(17)10-14/h4-11H,1H2,2-3H3,(H2,19,25)/b12-5-,22-13?. The van der Waals surface area contributed by atoms with Crippen molar-refractivity contribution in [3.8, 4) is 5.69 Å². The molecule has 0 unspecified atom stereocenters. The number of fused-ring (bicyclic) bond motifs is 1. The first kappa shape index (κ1) is 16.4. The van der Waals surface area contributed by atoms with E-state index in [1.165, 1.54) is 6.20 Å². The number of imidazole rings is 2. The number of carbonyl (C=O) groups excluding carboxylic acids is 1. The second kappa shape index (κ2) is 6.56. The number of pyridine rings is 1. The topological polar surface area (TPSA) is 90.6 Å². The van der Waals surface area contributed by atoms with Gasteiger partial charge in [0.05, 0.1) is 35.8 Å². The molecule has 3 rings (SSSR count). The molecule has 0 aromatic carbocycles. The maximum Gasteiger partial charge on any atom is 0.267 e. The lowest BCUT2D eigenvalue weighted by Gasteiger charge is -2.09. The summed E-state index contributed by atoms with van der Waals surface area (Å²) in [5.74, 6) is -0.529. The van der Waals surface area contributed by atoms with E-state index in [9.17, 15) is 4.79 Å². The van der Waals surface area contributed by atoms with E-state index in [0.717, 1.165) is 22.8 Å². The van der Waals surface area contributed by atoms with Gasteiger partial charge in [-0.05, 0) is 32.1 Å². The lowest BCUT2D eigenvalue weighted by molar-refractivity contribution is 0.0995. The van der Waals surface area contributed by atoms with E-state index < -0.39 is 5.91 Å². The Hall–Kier alpha value is -3.48. The fraction of sp³-hybridized carbons (Fsp3) is 0.111. The lowest BCUT2D eigenvalue weighted by Crippen LogP contribution is -2.14. The molecular formula is C18H18N6O. The molecule has 3 aromatic rings. The summed E-state index contributed by atoms with van der Waals surface area (Å²) < 4.78 is 3.56. The van der Waals surface area contributed by atoms with Gasteiger partial charge in [0, 0.05) is 11.9 Å². The Morgan fingerprint density at radius 1 is 1.28 bits per heavy atom. The monoisotopic (exact) mass is 334 g/mol. The van der Waals surface area contributed by atoms with Crippen molar-refractivity contribution < 1.29 is 4.79 Å². The Morgan fingerprint density at radius 3 is 2.80 bits per heavy atom. The fourth-order valence-corrected chi connectivity index (χ4v) is 2.59. The minimum atomic E-state index is -0.529. The van der Waals surface area contributed by atoms with Crippen molar-refractivity contribution in [1.82, 2.24) is 18.9 Å². The van der Waals surface area contributed by atoms with Gasteiger partial charge in [0.1, 0.15) is 11.3 Å². The lowest BCUT2D eigenvalue weighted by atomic mass is 10.3. The van der Waals surface area contributed by atoms with Crippen molar-refractivity contribution in [2.24, 2.45) is 10.7 Å². The average molecular weight is 334 g/mol. The van der Waals surface area contributed by atoms with Crippen LogP contribution in [0.15, 0.2) is 66.5 Å². The second-order valence-corrected chi connectivity index (χ2v) is 5.51. The molecule has 7 heteroatoms. The molecule has 0 aliphatic carbocycles. The zero-order valence-corrected chi connectivity index (χ0v) is 14.0. The van der Waals surface area contributed by atoms with Crippen LogP contribution >= 0.6 is 0 Å². The van der Waals surface area contributed by atoms with Gasteiger partial charge in [-0.15, -0.1) is 0 Å². The number of nitrogens with zero attached hydrogens (tertiary/aromatic N) is 5. The van der Waals surface area contributed by atoms with Crippen molar-refractivity contribution >= 4 is 17.3 Å². The van der Waals surface area contributed by atoms with E-state index >= 15 is 0 Å². The zero-order chi connectivity index (χ0) is 18.0. The maximum atomic E-state index is 11.5. The minimum absolute atomic E-state index is 0.327. The van der Waals surface area contributed by atoms with Crippen LogP contribution in [0.25, 0.3) is 11.3 Å². The molecule has 7 nitrogen and oxygen atoms in total. The molecule has 0 saturated carbocycles. The van der Waals surface area contributed by atoms with Gasteiger partial charge in [-0.2, -0.15) is 0 Å². The summed E-state index contributed by atoms with van der Waals surface area (Å²) in [4.78, 5) is 24.5. The molecule has 0 aliphatic rings. The molecule has 3 aromatic heterocycles. The first-order valence-electron chi connectivity index (χ1n) is 7.66. The Morgan fingerprint density at radius 2 is 2.08 bits per heavy atom. The van der Waals surface area contributed by atoms with Gasteiger partial charge in [0.2, 0.25) is 0 Å². The molecule has 0 atom stereocenters. The smallest absolute Gasteiger partial charge is 0.267 e. The van der Waals surface area contributed by atoms with Crippen LogP contribution in [0.1, 0.15) is 30.0 Å². The third-order valence-corrected chi connectivity index (χ3v) is 3.73. The molecule has 25 heavy (non-hydrogen) atoms. The van der Waals surface area contributed by atoms with E-state index in [4.69, 9.17) is 5.73 Å². The van der Waals surface area contributed by atoms with E-state index in [1.54, 1.807) is 29.2 Å². The van der Waals surface area contributed by atoms with Gasteiger partial charge in [0.25, 0.3) is 5.91 Å². The molecule has 0 bridgehead atoms. The first-order valence-corrected chi connectivity index (χ1v) is 7.66. The quantitative estimate of drug-likeness (QED) is 0.574. The van der Waals surface area contributed by atoms with Crippen LogP contribution in [0.3, 0.4) is 0 Å². The largest absolute Gasteiger partial charge is 0.364 e. The highest BCUT2D eigenvalue weighted by molar-refractivity contribution is 5.98. The highest BCUT2D eigenvalue weighted by atomic mass is 16.1. The van der Waals surface area contributed by atoms with Gasteiger partial charge in [0.15, 0.2) is 0 Å². The Bertz CT molecular complexity index is 1020. The second-order valence-electron chi connectivity index (χ2n) is 5.51. The highest BCUT2D eigenvalue weighted by Crippen LogP contribution is 2.16. The number of hydrogen-bond acceptors (Lipinski definition) is 4. The van der Waals surface area contributed by atoms with Crippen LogP contribution in [0, 0.1) is 0 Å². The number of aromatic nitrogens is 4. The van der Waals surface area contributed by atoms with Gasteiger partial charge in [-0.25, -0.2) is 9.97 Å². The zero-order valence-electron chi connectivity index (χ0n) is 14.0. The number of primary amides is 1. The molecule has 0 spiro atoms. The van der Waals surface area contributed by atoms with Gasteiger partial charge < -0.3 is 5.73 Å². The molecule has 0 fully saturated rings. The average Bonchev–Trinajstić information content (AvgIpc) is 3.21. The Kier molecular flexibility index (Phi) is 4.30. The van der Waals surface area contributed by atoms with Crippen molar-refractivity contribution in [3.05, 3.63) is 72.9 Å². The molecule has 2 N–H and O–H groups in total. The normalized spacial score (nSPS) is 12.6. The highest BCUT2D eigenvalue weighted by Gasteiger charge is 2.12.